The molecule has 0 bridgehead atoms. The van der Waals surface area contributed by atoms with E-state index in [2.05, 4.69) is 5.32 Å². The van der Waals surface area contributed by atoms with E-state index >= 15 is 0 Å². The molecular weight excluding hydrogens is 323 g/mol. The van der Waals surface area contributed by atoms with Crippen LogP contribution >= 0.6 is 11.6 Å². The molecule has 0 radical (unpaired) electrons. The van der Waals surface area contributed by atoms with E-state index in [1.54, 1.807) is 31.3 Å². The Labute approximate surface area is 137 Å². The zero-order chi connectivity index (χ0) is 16.4. The maximum absolute atomic E-state index is 13.8. The standard InChI is InChI=1S/C16H14ClFN2O3/c1-20(8-11-12(17)3-2-4-13(11)18)16(21)19-10-5-6-14-15(7-10)23-9-22-14/h2-7H,8-9H2,1H3,(H,19,21). The van der Waals surface area contributed by atoms with Crippen molar-refractivity contribution in [1.82, 2.24) is 4.90 Å². The Hall–Kier alpha value is -2.47. The van der Waals surface area contributed by atoms with Gasteiger partial charge < -0.3 is 19.7 Å². The van der Waals surface area contributed by atoms with Gasteiger partial charge in [0.25, 0.3) is 0 Å². The number of carbonyl (C=O) groups is 1. The SMILES string of the molecule is CN(Cc1c(F)cccc1Cl)C(=O)Nc1ccc2c(c1)OCO2. The Kier molecular flexibility index (Phi) is 4.25. The summed E-state index contributed by atoms with van der Waals surface area (Å²) in [5.41, 5.74) is 0.836. The van der Waals surface area contributed by atoms with Gasteiger partial charge in [-0.1, -0.05) is 17.7 Å². The molecule has 2 aromatic rings. The molecule has 0 atom stereocenters. The minimum absolute atomic E-state index is 0.0574. The molecule has 1 aliphatic heterocycles. The lowest BCUT2D eigenvalue weighted by Crippen LogP contribution is -2.31. The van der Waals surface area contributed by atoms with Crippen LogP contribution in [-0.2, 0) is 6.54 Å². The van der Waals surface area contributed by atoms with Gasteiger partial charge in [0.1, 0.15) is 5.82 Å². The van der Waals surface area contributed by atoms with Crippen LogP contribution in [0.25, 0.3) is 0 Å². The van der Waals surface area contributed by atoms with Crippen LogP contribution in [0.1, 0.15) is 5.56 Å². The highest BCUT2D eigenvalue weighted by molar-refractivity contribution is 6.31. The third kappa shape index (κ3) is 3.32. The molecule has 5 nitrogen and oxygen atoms in total. The maximum atomic E-state index is 13.8. The summed E-state index contributed by atoms with van der Waals surface area (Å²) in [6.45, 7) is 0.223. The predicted molar refractivity (Wildman–Crippen MR) is 84.5 cm³/mol. The molecule has 0 saturated heterocycles. The number of rotatable bonds is 3. The first-order valence-corrected chi connectivity index (χ1v) is 7.27. The third-order valence-corrected chi connectivity index (χ3v) is 3.78. The van der Waals surface area contributed by atoms with Gasteiger partial charge in [-0.05, 0) is 24.3 Å². The largest absolute Gasteiger partial charge is 0.454 e. The average Bonchev–Trinajstić information content (AvgIpc) is 2.98. The molecule has 0 fully saturated rings. The lowest BCUT2D eigenvalue weighted by atomic mass is 10.2. The highest BCUT2D eigenvalue weighted by Crippen LogP contribution is 2.34. The van der Waals surface area contributed by atoms with E-state index in [4.69, 9.17) is 21.1 Å². The van der Waals surface area contributed by atoms with Gasteiger partial charge in [0, 0.05) is 29.4 Å². The first kappa shape index (κ1) is 15.4. The molecule has 0 saturated carbocycles. The summed E-state index contributed by atoms with van der Waals surface area (Å²) in [4.78, 5) is 13.6. The van der Waals surface area contributed by atoms with E-state index < -0.39 is 5.82 Å². The van der Waals surface area contributed by atoms with Crippen LogP contribution < -0.4 is 14.8 Å². The number of nitrogens with one attached hydrogen (secondary N) is 1. The number of halogens is 2. The number of fused-ring (bicyclic) bond motifs is 1. The van der Waals surface area contributed by atoms with Gasteiger partial charge in [-0.2, -0.15) is 0 Å². The van der Waals surface area contributed by atoms with Crippen molar-refractivity contribution in [3.63, 3.8) is 0 Å². The van der Waals surface area contributed by atoms with Gasteiger partial charge in [-0.15, -0.1) is 0 Å². The molecular formula is C16H14ClFN2O3. The molecule has 2 aromatic carbocycles. The number of carbonyl (C=O) groups excluding carboxylic acids is 1. The maximum Gasteiger partial charge on any atom is 0.321 e. The summed E-state index contributed by atoms with van der Waals surface area (Å²) in [5.74, 6) is 0.761. The minimum atomic E-state index is -0.444. The summed E-state index contributed by atoms with van der Waals surface area (Å²) in [6.07, 6.45) is 0. The van der Waals surface area contributed by atoms with Gasteiger partial charge in [0.2, 0.25) is 6.79 Å². The Balaban J connectivity index is 1.68. The van der Waals surface area contributed by atoms with Crippen molar-refractivity contribution in [1.29, 1.82) is 0 Å². The van der Waals surface area contributed by atoms with E-state index in [1.807, 2.05) is 0 Å². The van der Waals surface area contributed by atoms with Crippen LogP contribution in [0.15, 0.2) is 36.4 Å². The smallest absolute Gasteiger partial charge is 0.321 e. The lowest BCUT2D eigenvalue weighted by molar-refractivity contribution is 0.174. The van der Waals surface area contributed by atoms with E-state index in [9.17, 15) is 9.18 Å². The number of anilines is 1. The van der Waals surface area contributed by atoms with Crippen LogP contribution in [0.5, 0.6) is 11.5 Å². The second-order valence-electron chi connectivity index (χ2n) is 5.05. The summed E-state index contributed by atoms with van der Waals surface area (Å²) >= 11 is 5.97. The summed E-state index contributed by atoms with van der Waals surface area (Å²) < 4.78 is 24.2. The van der Waals surface area contributed by atoms with Crippen LogP contribution in [-0.4, -0.2) is 24.8 Å². The van der Waals surface area contributed by atoms with Crippen molar-refractivity contribution in [2.24, 2.45) is 0 Å². The van der Waals surface area contributed by atoms with Crippen LogP contribution in [0.4, 0.5) is 14.9 Å². The molecule has 1 N–H and O–H groups in total. The minimum Gasteiger partial charge on any atom is -0.454 e. The zero-order valence-corrected chi connectivity index (χ0v) is 13.1. The lowest BCUT2D eigenvalue weighted by Gasteiger charge is -2.19. The molecule has 0 aliphatic carbocycles. The topological polar surface area (TPSA) is 50.8 Å². The fraction of sp³-hybridized carbons (Fsp3) is 0.188. The summed E-state index contributed by atoms with van der Waals surface area (Å²) in [5, 5.41) is 3.00. The van der Waals surface area contributed by atoms with Gasteiger partial charge in [-0.25, -0.2) is 9.18 Å². The monoisotopic (exact) mass is 336 g/mol. The van der Waals surface area contributed by atoms with Gasteiger partial charge in [0.15, 0.2) is 11.5 Å². The van der Waals surface area contributed by atoms with Crippen molar-refractivity contribution in [2.45, 2.75) is 6.54 Å². The Morgan fingerprint density at radius 1 is 1.30 bits per heavy atom. The van der Waals surface area contributed by atoms with Crippen molar-refractivity contribution in [3.8, 4) is 11.5 Å². The molecule has 1 heterocycles. The molecule has 2 amide bonds. The average molecular weight is 337 g/mol. The van der Waals surface area contributed by atoms with E-state index in [0.29, 0.717) is 17.2 Å². The molecule has 1 aliphatic rings. The number of ether oxygens (including phenoxy) is 2. The highest BCUT2D eigenvalue weighted by atomic mass is 35.5. The number of benzene rings is 2. The van der Waals surface area contributed by atoms with Crippen LogP contribution in [0, 0.1) is 5.82 Å². The molecule has 0 spiro atoms. The fourth-order valence-electron chi connectivity index (χ4n) is 2.19. The van der Waals surface area contributed by atoms with Gasteiger partial charge >= 0.3 is 6.03 Å². The molecule has 120 valence electrons. The molecule has 7 heteroatoms. The van der Waals surface area contributed by atoms with Crippen molar-refractivity contribution in [2.75, 3.05) is 19.2 Å². The second kappa shape index (κ2) is 6.34. The third-order valence-electron chi connectivity index (χ3n) is 3.43. The van der Waals surface area contributed by atoms with Crippen LogP contribution in [0.2, 0.25) is 5.02 Å². The highest BCUT2D eigenvalue weighted by Gasteiger charge is 2.17. The van der Waals surface area contributed by atoms with Gasteiger partial charge in [0.05, 0.1) is 6.54 Å². The van der Waals surface area contributed by atoms with Crippen molar-refractivity contribution in [3.05, 3.63) is 52.8 Å². The first-order chi connectivity index (χ1) is 11.0. The summed E-state index contributed by atoms with van der Waals surface area (Å²) in [7, 11) is 1.56. The number of hydrogen-bond acceptors (Lipinski definition) is 3. The Morgan fingerprint density at radius 2 is 2.09 bits per heavy atom. The molecule has 23 heavy (non-hydrogen) atoms. The predicted octanol–water partition coefficient (Wildman–Crippen LogP) is 3.87. The van der Waals surface area contributed by atoms with E-state index in [1.165, 1.54) is 17.0 Å². The quantitative estimate of drug-likeness (QED) is 0.925. The van der Waals surface area contributed by atoms with Crippen molar-refractivity contribution < 1.29 is 18.7 Å². The molecule has 3 rings (SSSR count). The first-order valence-electron chi connectivity index (χ1n) is 6.89. The Bertz CT molecular complexity index is 734. The normalized spacial score (nSPS) is 12.1. The van der Waals surface area contributed by atoms with E-state index in [0.717, 1.165) is 0 Å². The van der Waals surface area contributed by atoms with Gasteiger partial charge in [-0.3, -0.25) is 0 Å². The Morgan fingerprint density at radius 3 is 2.87 bits per heavy atom. The molecule has 0 aromatic heterocycles. The fourth-order valence-corrected chi connectivity index (χ4v) is 2.41. The summed E-state index contributed by atoms with van der Waals surface area (Å²) in [6, 6.07) is 9.12. The number of nitrogens with zero attached hydrogens (tertiary/aromatic N) is 1. The van der Waals surface area contributed by atoms with Crippen LogP contribution in [0.3, 0.4) is 0 Å². The van der Waals surface area contributed by atoms with Crippen molar-refractivity contribution >= 4 is 23.3 Å². The second-order valence-corrected chi connectivity index (χ2v) is 5.46. The zero-order valence-electron chi connectivity index (χ0n) is 12.3. The number of amides is 2. The number of hydrogen-bond donors (Lipinski definition) is 1. The van der Waals surface area contributed by atoms with E-state index in [-0.39, 0.29) is 30.0 Å². The number of urea groups is 1. The molecule has 0 unspecified atom stereocenters.